The number of hydrogen-bond acceptors (Lipinski definition) is 12. The minimum absolute atomic E-state index is 0.343. The van der Waals surface area contributed by atoms with E-state index in [-0.39, 0.29) is 0 Å². The Bertz CT molecular complexity index is 634. The smallest absolute Gasteiger partial charge is 0.303 e. The maximum absolute atomic E-state index is 10.5. The molecule has 220 valence electrons. The lowest BCUT2D eigenvalue weighted by atomic mass is 9.83. The van der Waals surface area contributed by atoms with Crippen LogP contribution in [0.15, 0.2) is 0 Å². The molecule has 37 heavy (non-hydrogen) atoms. The number of ether oxygens (including phenoxy) is 2. The molecule has 2 rings (SSSR count). The first-order chi connectivity index (χ1) is 17.5. The van der Waals surface area contributed by atoms with E-state index in [1.54, 1.807) is 0 Å². The van der Waals surface area contributed by atoms with Crippen LogP contribution in [0.2, 0.25) is 0 Å². The Labute approximate surface area is 216 Å². The average Bonchev–Trinajstić information content (AvgIpc) is 2.87. The zero-order valence-corrected chi connectivity index (χ0v) is 21.4. The molecule has 0 aromatic carbocycles. The molecule has 0 aromatic rings. The van der Waals surface area contributed by atoms with Gasteiger partial charge in [-0.1, -0.05) is 58.3 Å². The first kappa shape index (κ1) is 34.1. The van der Waals surface area contributed by atoms with Crippen molar-refractivity contribution in [2.75, 3.05) is 13.2 Å². The van der Waals surface area contributed by atoms with Gasteiger partial charge in [-0.25, -0.2) is 0 Å². The van der Waals surface area contributed by atoms with Gasteiger partial charge in [0.1, 0.15) is 54.9 Å². The van der Waals surface area contributed by atoms with Crippen molar-refractivity contribution in [3.05, 3.63) is 0 Å². The summed E-state index contributed by atoms with van der Waals surface area (Å²) in [5, 5.41) is 96.1. The molecule has 0 aliphatic carbocycles. The Hall–Kier alpha value is -0.970. The quantitative estimate of drug-likeness (QED) is 0.113. The molecule has 0 saturated carbocycles. The van der Waals surface area contributed by atoms with Crippen molar-refractivity contribution in [3.63, 3.8) is 0 Å². The Morgan fingerprint density at radius 3 is 1.68 bits per heavy atom. The van der Waals surface area contributed by atoms with Crippen LogP contribution in [0.4, 0.5) is 0 Å². The molecule has 0 radical (unpaired) electrons. The number of carbonyl (C=O) groups is 1. The van der Waals surface area contributed by atoms with Crippen LogP contribution in [-0.4, -0.2) is 131 Å². The summed E-state index contributed by atoms with van der Waals surface area (Å²) in [5.41, 5.74) is 0. The van der Waals surface area contributed by atoms with Crippen LogP contribution >= 0.6 is 0 Å². The number of rotatable bonds is 13. The standard InChI is InChI=1S/C12H22O11.C12H24O2/c13-1-3-5(15)7(17)9(19)11(22-3)12(21)10(20)8(18)6(16)4(2-14)23-12;1-2-3-4-5-6-7-8-9-10-11-12(13)14/h3-11,13-21H,1-2H2;2-11H2,1H3,(H,13,14)/t3-,4-,5-,6-,7+,8+,9-,10-,11+,12-;/m1./s1. The van der Waals surface area contributed by atoms with Gasteiger partial charge in [-0.05, 0) is 6.42 Å². The van der Waals surface area contributed by atoms with Crippen molar-refractivity contribution < 1.29 is 65.3 Å². The number of hydrogen-bond donors (Lipinski definition) is 10. The molecule has 0 unspecified atom stereocenters. The van der Waals surface area contributed by atoms with Crippen molar-refractivity contribution in [1.29, 1.82) is 0 Å². The highest BCUT2D eigenvalue weighted by molar-refractivity contribution is 5.66. The number of carboxylic acid groups (broad SMARTS) is 1. The summed E-state index contributed by atoms with van der Waals surface area (Å²) in [5.74, 6) is -3.48. The average molecular weight is 543 g/mol. The summed E-state index contributed by atoms with van der Waals surface area (Å²) < 4.78 is 10.1. The predicted molar refractivity (Wildman–Crippen MR) is 128 cm³/mol. The van der Waals surface area contributed by atoms with Crippen LogP contribution in [0.1, 0.15) is 71.1 Å². The van der Waals surface area contributed by atoms with E-state index in [1.165, 1.54) is 44.9 Å². The molecule has 0 aromatic heterocycles. The summed E-state index contributed by atoms with van der Waals surface area (Å²) in [6, 6.07) is 0. The van der Waals surface area contributed by atoms with Gasteiger partial charge in [0.25, 0.3) is 0 Å². The second-order valence-corrected chi connectivity index (χ2v) is 9.74. The van der Waals surface area contributed by atoms with Gasteiger partial charge in [-0.3, -0.25) is 4.79 Å². The van der Waals surface area contributed by atoms with Crippen molar-refractivity contribution >= 4 is 5.97 Å². The van der Waals surface area contributed by atoms with Gasteiger partial charge in [-0.2, -0.15) is 0 Å². The third-order valence-electron chi connectivity index (χ3n) is 6.79. The SMILES string of the molecule is CCCCCCCCCCCC(=O)O.OC[C@H]1O[C@H]([C@]2(O)O[C@H](CO)[C@@H](O)[C@H](O)[C@H]2O)[C@H](O)[C@@H](O)[C@@H]1O. The molecule has 0 spiro atoms. The minimum Gasteiger partial charge on any atom is -0.481 e. The Morgan fingerprint density at radius 1 is 0.703 bits per heavy atom. The van der Waals surface area contributed by atoms with E-state index >= 15 is 0 Å². The van der Waals surface area contributed by atoms with Crippen molar-refractivity contribution in [2.45, 2.75) is 132 Å². The van der Waals surface area contributed by atoms with E-state index in [0.29, 0.717) is 6.42 Å². The molecule has 13 nitrogen and oxygen atoms in total. The Balaban J connectivity index is 0.000000422. The van der Waals surface area contributed by atoms with Gasteiger partial charge in [0, 0.05) is 6.42 Å². The molecule has 2 saturated heterocycles. The van der Waals surface area contributed by atoms with Crippen LogP contribution in [0.5, 0.6) is 0 Å². The lowest BCUT2D eigenvalue weighted by Gasteiger charge is -2.52. The van der Waals surface area contributed by atoms with Gasteiger partial charge >= 0.3 is 5.97 Å². The first-order valence-corrected chi connectivity index (χ1v) is 13.0. The second kappa shape index (κ2) is 16.9. The number of carboxylic acids is 1. The summed E-state index contributed by atoms with van der Waals surface area (Å²) in [4.78, 5) is 10.2. The van der Waals surface area contributed by atoms with E-state index in [9.17, 15) is 40.5 Å². The Kier molecular flexibility index (Phi) is 15.5. The third kappa shape index (κ3) is 9.62. The highest BCUT2D eigenvalue weighted by atomic mass is 16.7. The molecule has 2 heterocycles. The second-order valence-electron chi connectivity index (χ2n) is 9.74. The molecule has 0 bridgehead atoms. The van der Waals surface area contributed by atoms with Gasteiger partial charge in [0.05, 0.1) is 13.2 Å². The molecule has 13 heteroatoms. The fourth-order valence-corrected chi connectivity index (χ4v) is 4.44. The lowest BCUT2D eigenvalue weighted by Crippen LogP contribution is -2.75. The van der Waals surface area contributed by atoms with E-state index in [0.717, 1.165) is 12.8 Å². The minimum atomic E-state index is -2.82. The lowest BCUT2D eigenvalue weighted by molar-refractivity contribution is -0.406. The molecule has 10 N–H and O–H groups in total. The fourth-order valence-electron chi connectivity index (χ4n) is 4.44. The van der Waals surface area contributed by atoms with Gasteiger partial charge in [0.15, 0.2) is 0 Å². The predicted octanol–water partition coefficient (Wildman–Crippen LogP) is -2.02. The van der Waals surface area contributed by atoms with Gasteiger partial charge in [0.2, 0.25) is 5.79 Å². The first-order valence-electron chi connectivity index (χ1n) is 13.0. The van der Waals surface area contributed by atoms with Gasteiger partial charge in [-0.15, -0.1) is 0 Å². The number of unbranched alkanes of at least 4 members (excludes halogenated alkanes) is 8. The summed E-state index contributed by atoms with van der Waals surface area (Å²) in [7, 11) is 0. The van der Waals surface area contributed by atoms with Crippen molar-refractivity contribution in [2.24, 2.45) is 0 Å². The molecule has 0 amide bonds. The highest BCUT2D eigenvalue weighted by Crippen LogP contribution is 2.37. The highest BCUT2D eigenvalue weighted by Gasteiger charge is 2.62. The third-order valence-corrected chi connectivity index (χ3v) is 6.79. The van der Waals surface area contributed by atoms with E-state index in [2.05, 4.69) is 6.92 Å². The van der Waals surface area contributed by atoms with Crippen LogP contribution in [0, 0.1) is 0 Å². The van der Waals surface area contributed by atoms with E-state index in [1.807, 2.05) is 0 Å². The summed E-state index contributed by atoms with van der Waals surface area (Å²) in [6.45, 7) is 0.624. The molecule has 2 aliphatic heterocycles. The molecule has 2 aliphatic rings. The molecule has 2 fully saturated rings. The fraction of sp³-hybridized carbons (Fsp3) is 0.958. The van der Waals surface area contributed by atoms with Crippen molar-refractivity contribution in [3.8, 4) is 0 Å². The molecule has 10 atom stereocenters. The number of aliphatic carboxylic acids is 1. The maximum Gasteiger partial charge on any atom is 0.303 e. The van der Waals surface area contributed by atoms with Crippen LogP contribution in [0.3, 0.4) is 0 Å². The van der Waals surface area contributed by atoms with Crippen molar-refractivity contribution in [1.82, 2.24) is 0 Å². The zero-order valence-electron chi connectivity index (χ0n) is 21.4. The number of aliphatic hydroxyl groups is 9. The maximum atomic E-state index is 10.5. The molecular weight excluding hydrogens is 496 g/mol. The largest absolute Gasteiger partial charge is 0.481 e. The number of aliphatic hydroxyl groups excluding tert-OH is 8. The summed E-state index contributed by atoms with van der Waals surface area (Å²) in [6.07, 6.45) is -4.62. The normalized spacial score (nSPS) is 38.1. The zero-order chi connectivity index (χ0) is 28.2. The van der Waals surface area contributed by atoms with E-state index in [4.69, 9.17) is 24.8 Å². The van der Waals surface area contributed by atoms with Crippen LogP contribution in [0.25, 0.3) is 0 Å². The topological polar surface area (TPSA) is 238 Å². The molecular formula is C24H46O13. The van der Waals surface area contributed by atoms with E-state index < -0.39 is 79.9 Å². The van der Waals surface area contributed by atoms with Crippen LogP contribution < -0.4 is 0 Å². The van der Waals surface area contributed by atoms with Gasteiger partial charge < -0.3 is 60.5 Å². The Morgan fingerprint density at radius 2 is 1.19 bits per heavy atom. The summed E-state index contributed by atoms with van der Waals surface area (Å²) >= 11 is 0. The van der Waals surface area contributed by atoms with Crippen LogP contribution in [-0.2, 0) is 14.3 Å². The monoisotopic (exact) mass is 542 g/mol.